The summed E-state index contributed by atoms with van der Waals surface area (Å²) in [7, 11) is 0. The number of nitrogens with zero attached hydrogens (tertiary/aromatic N) is 2. The van der Waals surface area contributed by atoms with E-state index in [9.17, 15) is 9.90 Å². The summed E-state index contributed by atoms with van der Waals surface area (Å²) in [5.74, 6) is 0.138. The number of benzene rings is 2. The lowest BCUT2D eigenvalue weighted by Gasteiger charge is -2.21. The number of imidazole rings is 1. The maximum absolute atomic E-state index is 11.2. The third kappa shape index (κ3) is 4.91. The molecule has 2 aromatic carbocycles. The van der Waals surface area contributed by atoms with Crippen LogP contribution in [0.4, 0.5) is 0 Å². The highest BCUT2D eigenvalue weighted by Crippen LogP contribution is 2.26. The lowest BCUT2D eigenvalue weighted by Crippen LogP contribution is -2.23. The van der Waals surface area contributed by atoms with Crippen LogP contribution in [0.25, 0.3) is 11.1 Å². The molecule has 0 saturated heterocycles. The van der Waals surface area contributed by atoms with Crippen molar-refractivity contribution in [2.24, 2.45) is 5.73 Å². The van der Waals surface area contributed by atoms with E-state index in [0.29, 0.717) is 18.1 Å². The first-order valence-electron chi connectivity index (χ1n) is 8.94. The van der Waals surface area contributed by atoms with Gasteiger partial charge in [0.15, 0.2) is 0 Å². The van der Waals surface area contributed by atoms with Crippen molar-refractivity contribution in [1.29, 1.82) is 0 Å². The number of hydrogen-bond donors (Lipinski definition) is 2. The van der Waals surface area contributed by atoms with E-state index in [0.717, 1.165) is 16.9 Å². The molecule has 3 aromatic rings. The number of carbonyl (C=O) groups excluding carboxylic acids is 1. The fraction of sp³-hybridized carbons (Fsp3) is 0.238. The number of carbonyl (C=O) groups is 1. The summed E-state index contributed by atoms with van der Waals surface area (Å²) in [5.41, 5.74) is 7.49. The van der Waals surface area contributed by atoms with E-state index in [1.807, 2.05) is 48.5 Å². The summed E-state index contributed by atoms with van der Waals surface area (Å²) < 4.78 is 7.58. The Morgan fingerprint density at radius 1 is 1.25 bits per heavy atom. The van der Waals surface area contributed by atoms with Crippen molar-refractivity contribution in [2.75, 3.05) is 6.61 Å². The average Bonchev–Trinajstić information content (AvgIpc) is 3.16. The largest absolute Gasteiger partial charge is 0.493 e. The van der Waals surface area contributed by atoms with Crippen LogP contribution in [0.3, 0.4) is 0 Å². The Morgan fingerprint density at radius 2 is 2.00 bits per heavy atom. The van der Waals surface area contributed by atoms with Crippen LogP contribution in [0, 0.1) is 0 Å². The Morgan fingerprint density at radius 3 is 2.64 bits per heavy atom. The molecule has 1 amide bonds. The second-order valence-corrected chi connectivity index (χ2v) is 6.99. The zero-order chi connectivity index (χ0) is 20.1. The van der Waals surface area contributed by atoms with Crippen molar-refractivity contribution >= 4 is 17.5 Å². The van der Waals surface area contributed by atoms with Crippen molar-refractivity contribution in [1.82, 2.24) is 9.55 Å². The fourth-order valence-electron chi connectivity index (χ4n) is 2.99. The number of ether oxygens (including phenoxy) is 1. The summed E-state index contributed by atoms with van der Waals surface area (Å²) >= 11 is 5.95. The Bertz CT molecular complexity index is 938. The van der Waals surface area contributed by atoms with Crippen molar-refractivity contribution in [3.05, 3.63) is 71.8 Å². The van der Waals surface area contributed by atoms with Gasteiger partial charge in [-0.25, -0.2) is 4.98 Å². The lowest BCUT2D eigenvalue weighted by atomic mass is 10.1. The van der Waals surface area contributed by atoms with E-state index in [4.69, 9.17) is 22.1 Å². The lowest BCUT2D eigenvalue weighted by molar-refractivity contribution is 0.0993. The topological polar surface area (TPSA) is 90.4 Å². The number of hydrogen-bond acceptors (Lipinski definition) is 4. The Labute approximate surface area is 168 Å². The highest BCUT2D eigenvalue weighted by atomic mass is 35.5. The van der Waals surface area contributed by atoms with Crippen LogP contribution < -0.4 is 10.5 Å². The molecule has 0 unspecified atom stereocenters. The average molecular weight is 400 g/mol. The Hall–Kier alpha value is -2.83. The molecular weight excluding hydrogens is 378 g/mol. The molecule has 0 fully saturated rings. The summed E-state index contributed by atoms with van der Waals surface area (Å²) in [6.45, 7) is 2.08. The zero-order valence-corrected chi connectivity index (χ0v) is 16.2. The third-order valence-corrected chi connectivity index (χ3v) is 4.74. The predicted octanol–water partition coefficient (Wildman–Crippen LogP) is 3.69. The molecule has 146 valence electrons. The molecule has 0 aliphatic heterocycles. The van der Waals surface area contributed by atoms with Gasteiger partial charge in [0, 0.05) is 17.6 Å². The van der Waals surface area contributed by atoms with E-state index in [2.05, 4.69) is 4.98 Å². The second kappa shape index (κ2) is 8.91. The van der Waals surface area contributed by atoms with Gasteiger partial charge in [0.25, 0.3) is 5.91 Å². The van der Waals surface area contributed by atoms with E-state index in [1.54, 1.807) is 17.7 Å². The summed E-state index contributed by atoms with van der Waals surface area (Å²) in [5, 5.41) is 10.8. The summed E-state index contributed by atoms with van der Waals surface area (Å²) in [6.07, 6.45) is 2.94. The van der Waals surface area contributed by atoms with E-state index >= 15 is 0 Å². The van der Waals surface area contributed by atoms with Crippen LogP contribution in [0.5, 0.6) is 5.75 Å². The molecule has 6 nitrogen and oxygen atoms in total. The van der Waals surface area contributed by atoms with Gasteiger partial charge in [0.05, 0.1) is 25.1 Å². The number of aromatic nitrogens is 2. The minimum absolute atomic E-state index is 0.169. The van der Waals surface area contributed by atoms with Gasteiger partial charge >= 0.3 is 0 Å². The minimum Gasteiger partial charge on any atom is -0.493 e. The fourth-order valence-corrected chi connectivity index (χ4v) is 3.12. The first kappa shape index (κ1) is 19.9. The number of nitrogens with two attached hydrogens (primary N) is 1. The molecule has 7 heteroatoms. The van der Waals surface area contributed by atoms with Gasteiger partial charge in [-0.3, -0.25) is 4.79 Å². The van der Waals surface area contributed by atoms with E-state index < -0.39 is 12.0 Å². The number of primary amides is 1. The van der Waals surface area contributed by atoms with Gasteiger partial charge in [-0.1, -0.05) is 35.9 Å². The van der Waals surface area contributed by atoms with E-state index in [-0.39, 0.29) is 11.7 Å². The Kier molecular flexibility index (Phi) is 6.34. The number of rotatable bonds is 8. The quantitative estimate of drug-likeness (QED) is 0.604. The van der Waals surface area contributed by atoms with E-state index in [1.165, 1.54) is 6.33 Å². The van der Waals surface area contributed by atoms with Crippen molar-refractivity contribution in [3.63, 3.8) is 0 Å². The van der Waals surface area contributed by atoms with Crippen LogP contribution in [-0.4, -0.2) is 33.3 Å². The number of halogens is 1. The van der Waals surface area contributed by atoms with Crippen molar-refractivity contribution < 1.29 is 14.6 Å². The molecule has 0 spiro atoms. The number of aliphatic hydroxyl groups is 1. The molecule has 1 aromatic heterocycles. The molecule has 1 heterocycles. The molecule has 0 radical (unpaired) electrons. The normalized spacial score (nSPS) is 13.1. The van der Waals surface area contributed by atoms with Gasteiger partial charge in [0.1, 0.15) is 11.4 Å². The van der Waals surface area contributed by atoms with Crippen LogP contribution in [0.2, 0.25) is 5.02 Å². The highest BCUT2D eigenvalue weighted by Gasteiger charge is 2.18. The smallest absolute Gasteiger partial charge is 0.268 e. The van der Waals surface area contributed by atoms with Crippen LogP contribution in [-0.2, 0) is 0 Å². The molecule has 3 rings (SSSR count). The van der Waals surface area contributed by atoms with Gasteiger partial charge < -0.3 is 20.1 Å². The number of amides is 1. The van der Waals surface area contributed by atoms with Crippen LogP contribution in [0.15, 0.2) is 61.1 Å². The van der Waals surface area contributed by atoms with Crippen LogP contribution >= 0.6 is 11.6 Å². The van der Waals surface area contributed by atoms with Crippen molar-refractivity contribution in [2.45, 2.75) is 25.5 Å². The zero-order valence-electron chi connectivity index (χ0n) is 15.5. The summed E-state index contributed by atoms with van der Waals surface area (Å²) in [6, 6.07) is 15.1. The molecule has 0 aliphatic carbocycles. The molecule has 0 bridgehead atoms. The molecular formula is C21H22ClN3O3. The second-order valence-electron chi connectivity index (χ2n) is 6.55. The SMILES string of the molecule is C[C@H](O)[C@@H](CCOc1cccc(-c2ccc(Cl)cc2)c1)n1cnc(C(N)=O)c1. The van der Waals surface area contributed by atoms with Gasteiger partial charge in [-0.05, 0) is 42.3 Å². The first-order valence-corrected chi connectivity index (χ1v) is 9.32. The molecule has 2 atom stereocenters. The maximum atomic E-state index is 11.2. The van der Waals surface area contributed by atoms with Gasteiger partial charge in [-0.15, -0.1) is 0 Å². The van der Waals surface area contributed by atoms with Gasteiger partial charge in [-0.2, -0.15) is 0 Å². The van der Waals surface area contributed by atoms with Crippen molar-refractivity contribution in [3.8, 4) is 16.9 Å². The Balaban J connectivity index is 1.65. The first-order chi connectivity index (χ1) is 13.4. The number of aliphatic hydroxyl groups excluding tert-OH is 1. The van der Waals surface area contributed by atoms with Crippen LogP contribution in [0.1, 0.15) is 29.9 Å². The predicted molar refractivity (Wildman–Crippen MR) is 108 cm³/mol. The molecule has 0 saturated carbocycles. The highest BCUT2D eigenvalue weighted by molar-refractivity contribution is 6.30. The van der Waals surface area contributed by atoms with Gasteiger partial charge in [0.2, 0.25) is 0 Å². The standard InChI is InChI=1S/C21H22ClN3O3/c1-14(26)20(25-12-19(21(23)27)24-13-25)9-10-28-18-4-2-3-16(11-18)15-5-7-17(22)8-6-15/h2-8,11-14,20,26H,9-10H2,1H3,(H2,23,27)/t14-,20+/m0/s1. The third-order valence-electron chi connectivity index (χ3n) is 4.49. The molecule has 0 aliphatic rings. The molecule has 3 N–H and O–H groups in total. The minimum atomic E-state index is -0.640. The summed E-state index contributed by atoms with van der Waals surface area (Å²) in [4.78, 5) is 15.2. The monoisotopic (exact) mass is 399 g/mol. The maximum Gasteiger partial charge on any atom is 0.268 e. The molecule has 28 heavy (non-hydrogen) atoms.